The first-order valence-corrected chi connectivity index (χ1v) is 8.46. The largest absolute Gasteiger partial charge is 0.282 e. The molecule has 0 bridgehead atoms. The number of nitrogens with one attached hydrogen (secondary N) is 1. The van der Waals surface area contributed by atoms with Gasteiger partial charge in [-0.3, -0.25) is 4.84 Å². The molecule has 19 heavy (non-hydrogen) atoms. The Kier molecular flexibility index (Phi) is 5.36. The fraction of sp³-hybridized carbons (Fsp3) is 0.571. The van der Waals surface area contributed by atoms with Gasteiger partial charge in [-0.1, -0.05) is 54.5 Å². The molecule has 0 aromatic heterocycles. The van der Waals surface area contributed by atoms with Crippen molar-refractivity contribution in [2.45, 2.75) is 38.7 Å². The van der Waals surface area contributed by atoms with E-state index in [-0.39, 0.29) is 18.3 Å². The van der Waals surface area contributed by atoms with Crippen LogP contribution < -0.4 is 4.89 Å². The van der Waals surface area contributed by atoms with Gasteiger partial charge in [-0.15, -0.1) is 0 Å². The summed E-state index contributed by atoms with van der Waals surface area (Å²) in [5, 5.41) is 0. The Bertz CT molecular complexity index is 467. The molecule has 1 aliphatic rings. The van der Waals surface area contributed by atoms with Crippen LogP contribution in [0.5, 0.6) is 0 Å². The van der Waals surface area contributed by atoms with Crippen LogP contribution in [0.15, 0.2) is 30.3 Å². The Labute approximate surface area is 115 Å². The van der Waals surface area contributed by atoms with Crippen molar-refractivity contribution < 1.29 is 13.3 Å². The van der Waals surface area contributed by atoms with Crippen LogP contribution in [0.2, 0.25) is 0 Å². The molecule has 5 heteroatoms. The minimum atomic E-state index is -3.32. The fourth-order valence-corrected chi connectivity index (χ4v) is 3.74. The van der Waals surface area contributed by atoms with Crippen molar-refractivity contribution in [2.24, 2.45) is 5.92 Å². The Morgan fingerprint density at radius 3 is 2.47 bits per heavy atom. The van der Waals surface area contributed by atoms with Gasteiger partial charge in [0, 0.05) is 0 Å². The monoisotopic (exact) mass is 283 g/mol. The number of rotatable bonds is 6. The first-order valence-electron chi connectivity index (χ1n) is 6.81. The highest BCUT2D eigenvalue weighted by molar-refractivity contribution is 7.89. The molecule has 1 saturated carbocycles. The van der Waals surface area contributed by atoms with E-state index < -0.39 is 10.0 Å². The van der Waals surface area contributed by atoms with Crippen LogP contribution in [0.4, 0.5) is 0 Å². The number of hydrogen-bond donors (Lipinski definition) is 1. The van der Waals surface area contributed by atoms with Gasteiger partial charge in [0.2, 0.25) is 10.0 Å². The van der Waals surface area contributed by atoms with E-state index in [1.54, 1.807) is 0 Å². The maximum absolute atomic E-state index is 11.9. The molecule has 0 radical (unpaired) electrons. The van der Waals surface area contributed by atoms with E-state index in [1.807, 2.05) is 30.3 Å². The normalized spacial score (nSPS) is 17.5. The van der Waals surface area contributed by atoms with Crippen molar-refractivity contribution in [3.8, 4) is 0 Å². The van der Waals surface area contributed by atoms with Gasteiger partial charge in [0.1, 0.15) is 0 Å². The van der Waals surface area contributed by atoms with Crippen molar-refractivity contribution in [3.63, 3.8) is 0 Å². The summed E-state index contributed by atoms with van der Waals surface area (Å²) in [7, 11) is -3.32. The molecule has 1 aliphatic carbocycles. The van der Waals surface area contributed by atoms with Gasteiger partial charge >= 0.3 is 0 Å². The van der Waals surface area contributed by atoms with Crippen molar-refractivity contribution in [3.05, 3.63) is 35.9 Å². The van der Waals surface area contributed by atoms with Crippen molar-refractivity contribution >= 4 is 10.0 Å². The summed E-state index contributed by atoms with van der Waals surface area (Å²) in [6.07, 6.45) is 5.55. The van der Waals surface area contributed by atoms with Crippen LogP contribution in [-0.2, 0) is 21.5 Å². The smallest absolute Gasteiger partial charge is 0.233 e. The van der Waals surface area contributed by atoms with Gasteiger partial charge in [-0.2, -0.15) is 0 Å². The minimum Gasteiger partial charge on any atom is -0.282 e. The number of sulfonamides is 1. The molecule has 1 fully saturated rings. The van der Waals surface area contributed by atoms with Gasteiger partial charge in [0.15, 0.2) is 0 Å². The molecule has 0 atom stereocenters. The minimum absolute atomic E-state index is 0.182. The molecule has 0 heterocycles. The second kappa shape index (κ2) is 7.03. The van der Waals surface area contributed by atoms with Crippen molar-refractivity contribution in [1.82, 2.24) is 4.89 Å². The summed E-state index contributed by atoms with van der Waals surface area (Å²) >= 11 is 0. The topological polar surface area (TPSA) is 55.4 Å². The van der Waals surface area contributed by atoms with E-state index in [4.69, 9.17) is 4.84 Å². The van der Waals surface area contributed by atoms with Crippen LogP contribution in [0.3, 0.4) is 0 Å². The lowest BCUT2D eigenvalue weighted by atomic mass is 9.91. The first kappa shape index (κ1) is 14.5. The average molecular weight is 283 g/mol. The van der Waals surface area contributed by atoms with Crippen molar-refractivity contribution in [1.29, 1.82) is 0 Å². The molecular weight excluding hydrogens is 262 g/mol. The third-order valence-corrected chi connectivity index (χ3v) is 4.73. The molecule has 106 valence electrons. The Hall–Kier alpha value is -0.910. The molecular formula is C14H21NO3S. The summed E-state index contributed by atoms with van der Waals surface area (Å²) in [6, 6.07) is 9.51. The third kappa shape index (κ3) is 5.30. The maximum Gasteiger partial charge on any atom is 0.233 e. The lowest BCUT2D eigenvalue weighted by molar-refractivity contribution is 0.0791. The summed E-state index contributed by atoms with van der Waals surface area (Å²) in [6.45, 7) is 0.255. The molecule has 1 aromatic rings. The second-order valence-corrected chi connectivity index (χ2v) is 6.87. The van der Waals surface area contributed by atoms with Crippen LogP contribution >= 0.6 is 0 Å². The molecule has 2 rings (SSSR count). The van der Waals surface area contributed by atoms with Crippen LogP contribution in [-0.4, -0.2) is 14.2 Å². The zero-order valence-electron chi connectivity index (χ0n) is 11.0. The van der Waals surface area contributed by atoms with E-state index in [0.29, 0.717) is 0 Å². The van der Waals surface area contributed by atoms with E-state index in [0.717, 1.165) is 31.2 Å². The highest BCUT2D eigenvalue weighted by Gasteiger charge is 2.21. The number of benzene rings is 1. The molecule has 4 nitrogen and oxygen atoms in total. The quantitative estimate of drug-likeness (QED) is 0.817. The van der Waals surface area contributed by atoms with Gasteiger partial charge in [-0.25, -0.2) is 8.42 Å². The van der Waals surface area contributed by atoms with Crippen LogP contribution in [0.1, 0.15) is 37.7 Å². The molecule has 0 saturated heterocycles. The Balaban J connectivity index is 1.74. The highest BCUT2D eigenvalue weighted by Crippen LogP contribution is 2.24. The van der Waals surface area contributed by atoms with Gasteiger partial charge in [0.05, 0.1) is 12.4 Å². The molecule has 1 N–H and O–H groups in total. The SMILES string of the molecule is O=S(=O)(CC1CCCCC1)NOCc1ccccc1. The Morgan fingerprint density at radius 1 is 1.11 bits per heavy atom. The number of hydrogen-bond acceptors (Lipinski definition) is 3. The average Bonchev–Trinajstić information content (AvgIpc) is 2.40. The second-order valence-electron chi connectivity index (χ2n) is 5.14. The fourth-order valence-electron chi connectivity index (χ4n) is 2.47. The van der Waals surface area contributed by atoms with Gasteiger partial charge in [-0.05, 0) is 24.3 Å². The molecule has 0 spiro atoms. The molecule has 0 unspecified atom stereocenters. The summed E-state index contributed by atoms with van der Waals surface area (Å²) < 4.78 is 23.7. The maximum atomic E-state index is 11.9. The zero-order valence-corrected chi connectivity index (χ0v) is 11.9. The predicted octanol–water partition coefficient (Wildman–Crippen LogP) is 2.62. The molecule has 0 aliphatic heterocycles. The third-order valence-electron chi connectivity index (χ3n) is 3.45. The summed E-state index contributed by atoms with van der Waals surface area (Å²) in [4.78, 5) is 7.32. The van der Waals surface area contributed by atoms with Crippen molar-refractivity contribution in [2.75, 3.05) is 5.75 Å². The summed E-state index contributed by atoms with van der Waals surface area (Å²) in [5.74, 6) is 0.466. The zero-order chi connectivity index (χ0) is 13.6. The standard InChI is InChI=1S/C14H21NO3S/c16-19(17,12-14-9-5-2-6-10-14)15-18-11-13-7-3-1-4-8-13/h1,3-4,7-8,14-15H,2,5-6,9-12H2. The molecule has 1 aromatic carbocycles. The lowest BCUT2D eigenvalue weighted by Gasteiger charge is -2.21. The van der Waals surface area contributed by atoms with E-state index >= 15 is 0 Å². The Morgan fingerprint density at radius 2 is 1.79 bits per heavy atom. The van der Waals surface area contributed by atoms with Gasteiger partial charge < -0.3 is 0 Å². The summed E-state index contributed by atoms with van der Waals surface area (Å²) in [5.41, 5.74) is 0.947. The van der Waals surface area contributed by atoms with Gasteiger partial charge in [0.25, 0.3) is 0 Å². The highest BCUT2D eigenvalue weighted by atomic mass is 32.2. The van der Waals surface area contributed by atoms with Crippen LogP contribution in [0.25, 0.3) is 0 Å². The first-order chi connectivity index (χ1) is 9.16. The van der Waals surface area contributed by atoms with Crippen LogP contribution in [0, 0.1) is 5.92 Å². The van der Waals surface area contributed by atoms with E-state index in [2.05, 4.69) is 4.89 Å². The lowest BCUT2D eigenvalue weighted by Crippen LogP contribution is -2.30. The van der Waals surface area contributed by atoms with E-state index in [1.165, 1.54) is 6.42 Å². The van der Waals surface area contributed by atoms with E-state index in [9.17, 15) is 8.42 Å². The molecule has 0 amide bonds. The predicted molar refractivity (Wildman–Crippen MR) is 74.7 cm³/mol.